The second kappa shape index (κ2) is 9.46. The van der Waals surface area contributed by atoms with E-state index in [1.54, 1.807) is 6.92 Å². The van der Waals surface area contributed by atoms with Crippen LogP contribution in [0.25, 0.3) is 0 Å². The summed E-state index contributed by atoms with van der Waals surface area (Å²) in [6.07, 6.45) is 9.19. The maximum absolute atomic E-state index is 12.4. The molecule has 3 aliphatic carbocycles. The maximum Gasteiger partial charge on any atom is 0.333 e. The van der Waals surface area contributed by atoms with Crippen LogP contribution in [0.4, 0.5) is 0 Å². The molecule has 1 N–H and O–H groups in total. The van der Waals surface area contributed by atoms with E-state index in [1.807, 2.05) is 26.0 Å². The minimum Gasteiger partial charge on any atom is -0.462 e. The van der Waals surface area contributed by atoms with Crippen molar-refractivity contribution in [2.45, 2.75) is 104 Å². The van der Waals surface area contributed by atoms with Crippen molar-refractivity contribution in [2.24, 2.45) is 28.6 Å². The molecule has 8 atom stereocenters. The summed E-state index contributed by atoms with van der Waals surface area (Å²) in [5.41, 5.74) is 1.97. The minimum absolute atomic E-state index is 0.00837. The molecule has 0 spiro atoms. The van der Waals surface area contributed by atoms with E-state index in [1.165, 1.54) is 13.0 Å². The molecule has 7 heteroatoms. The Labute approximate surface area is 231 Å². The minimum atomic E-state index is -0.706. The summed E-state index contributed by atoms with van der Waals surface area (Å²) in [6.45, 7) is 13.7. The molecule has 0 radical (unpaired) electrons. The van der Waals surface area contributed by atoms with Crippen LogP contribution in [0, 0.1) is 28.6 Å². The Bertz CT molecular complexity index is 1220. The van der Waals surface area contributed by atoms with Crippen molar-refractivity contribution in [3.8, 4) is 0 Å². The number of cyclic esters (lactones) is 2. The summed E-state index contributed by atoms with van der Waals surface area (Å²) >= 11 is 0. The fourth-order valence-electron chi connectivity index (χ4n) is 8.56. The van der Waals surface area contributed by atoms with Gasteiger partial charge in [-0.05, 0) is 74.9 Å². The molecule has 8 unspecified atom stereocenters. The number of hydrogen-bond acceptors (Lipinski definition) is 7. The van der Waals surface area contributed by atoms with Gasteiger partial charge in [-0.1, -0.05) is 44.6 Å². The number of allylic oxidation sites excluding steroid dienone is 1. The van der Waals surface area contributed by atoms with E-state index in [0.29, 0.717) is 31.3 Å². The van der Waals surface area contributed by atoms with Gasteiger partial charge >= 0.3 is 17.9 Å². The van der Waals surface area contributed by atoms with Crippen molar-refractivity contribution in [3.05, 3.63) is 46.6 Å². The number of aliphatic hydroxyl groups excluding tert-OH is 1. The Kier molecular flexibility index (Phi) is 6.77. The van der Waals surface area contributed by atoms with Gasteiger partial charge in [0, 0.05) is 36.3 Å². The molecule has 5 aliphatic rings. The van der Waals surface area contributed by atoms with Crippen LogP contribution in [-0.4, -0.2) is 46.9 Å². The van der Waals surface area contributed by atoms with Crippen molar-refractivity contribution in [3.63, 3.8) is 0 Å². The molecule has 0 aromatic heterocycles. The quantitative estimate of drug-likeness (QED) is 0.392. The van der Waals surface area contributed by atoms with Gasteiger partial charge in [0.2, 0.25) is 0 Å². The molecule has 5 rings (SSSR count). The van der Waals surface area contributed by atoms with Gasteiger partial charge in [0.1, 0.15) is 17.8 Å². The highest BCUT2D eigenvalue weighted by molar-refractivity contribution is 5.88. The molecule has 1 fully saturated rings. The van der Waals surface area contributed by atoms with E-state index >= 15 is 0 Å². The third kappa shape index (κ3) is 4.32. The van der Waals surface area contributed by atoms with Gasteiger partial charge < -0.3 is 19.3 Å². The highest BCUT2D eigenvalue weighted by atomic mass is 16.6. The highest BCUT2D eigenvalue weighted by Crippen LogP contribution is 2.69. The second-order valence-electron chi connectivity index (χ2n) is 13.2. The van der Waals surface area contributed by atoms with E-state index in [4.69, 9.17) is 14.2 Å². The topological polar surface area (TPSA) is 99.1 Å². The molecular formula is C32H42O7. The molecule has 2 heterocycles. The Morgan fingerprint density at radius 3 is 2.56 bits per heavy atom. The van der Waals surface area contributed by atoms with Crippen LogP contribution in [-0.2, 0) is 28.6 Å². The van der Waals surface area contributed by atoms with Crippen LogP contribution in [0.15, 0.2) is 46.6 Å². The Balaban J connectivity index is 1.60. The van der Waals surface area contributed by atoms with Crippen molar-refractivity contribution >= 4 is 17.9 Å². The van der Waals surface area contributed by atoms with Crippen molar-refractivity contribution in [1.82, 2.24) is 0 Å². The van der Waals surface area contributed by atoms with Crippen LogP contribution < -0.4 is 0 Å². The third-order valence-corrected chi connectivity index (χ3v) is 10.9. The SMILES string of the molecule is CC(=O)OC1CC(C(C)C2CC=C(C)C(=O)O2)C2(C)CC(O)C3=C(CCC4C(=C3)C=CC(=O)OC4(C)C)C12C. The summed E-state index contributed by atoms with van der Waals surface area (Å²) in [5, 5.41) is 11.7. The standard InChI is InChI=1S/C32H42O7/c1-17-8-12-26(38-29(17)36)18(2)24-15-27(37-19(3)33)32(7)23-11-10-22-20(9-13-28(35)39-30(22,4)5)14-21(23)25(34)16-31(24,32)6/h8-9,13-14,18,22,24-27,34H,10-12,15-16H2,1-7H3. The summed E-state index contributed by atoms with van der Waals surface area (Å²) in [7, 11) is 0. The van der Waals surface area contributed by atoms with E-state index < -0.39 is 22.5 Å². The van der Waals surface area contributed by atoms with Gasteiger partial charge in [-0.3, -0.25) is 4.79 Å². The summed E-state index contributed by atoms with van der Waals surface area (Å²) in [6, 6.07) is 0. The third-order valence-electron chi connectivity index (χ3n) is 10.9. The Hall–Kier alpha value is -2.67. The maximum atomic E-state index is 12.4. The first-order valence-corrected chi connectivity index (χ1v) is 14.3. The lowest BCUT2D eigenvalue weighted by molar-refractivity contribution is -0.154. The smallest absolute Gasteiger partial charge is 0.333 e. The largest absolute Gasteiger partial charge is 0.462 e. The lowest BCUT2D eigenvalue weighted by atomic mass is 9.51. The van der Waals surface area contributed by atoms with Crippen LogP contribution in [0.5, 0.6) is 0 Å². The summed E-state index contributed by atoms with van der Waals surface area (Å²) in [5.74, 6) is -0.927. The first-order valence-electron chi connectivity index (χ1n) is 14.3. The number of fused-ring (bicyclic) bond motifs is 3. The van der Waals surface area contributed by atoms with Gasteiger partial charge in [-0.15, -0.1) is 0 Å². The first-order chi connectivity index (χ1) is 18.2. The zero-order chi connectivity index (χ0) is 28.5. The number of hydrogen-bond donors (Lipinski definition) is 1. The number of carbonyl (C=O) groups excluding carboxylic acids is 3. The zero-order valence-electron chi connectivity index (χ0n) is 24.2. The van der Waals surface area contributed by atoms with Gasteiger partial charge in [0.05, 0.1) is 6.10 Å². The van der Waals surface area contributed by atoms with Crippen LogP contribution >= 0.6 is 0 Å². The zero-order valence-corrected chi connectivity index (χ0v) is 24.2. The van der Waals surface area contributed by atoms with E-state index in [2.05, 4.69) is 26.8 Å². The van der Waals surface area contributed by atoms with Crippen LogP contribution in [0.1, 0.15) is 80.6 Å². The van der Waals surface area contributed by atoms with Gasteiger partial charge in [0.25, 0.3) is 0 Å². The highest BCUT2D eigenvalue weighted by Gasteiger charge is 2.67. The lowest BCUT2D eigenvalue weighted by Crippen LogP contribution is -2.52. The molecule has 0 amide bonds. The molecule has 39 heavy (non-hydrogen) atoms. The van der Waals surface area contributed by atoms with Crippen molar-refractivity contribution < 1.29 is 33.7 Å². The van der Waals surface area contributed by atoms with Crippen molar-refractivity contribution in [1.29, 1.82) is 0 Å². The number of aliphatic hydroxyl groups is 1. The molecule has 212 valence electrons. The van der Waals surface area contributed by atoms with Gasteiger partial charge in [-0.25, -0.2) is 9.59 Å². The predicted octanol–water partition coefficient (Wildman–Crippen LogP) is 5.14. The normalized spacial score (nSPS) is 40.1. The lowest BCUT2D eigenvalue weighted by Gasteiger charge is -2.54. The molecule has 2 aliphatic heterocycles. The Morgan fingerprint density at radius 2 is 1.90 bits per heavy atom. The summed E-state index contributed by atoms with van der Waals surface area (Å²) in [4.78, 5) is 37.1. The average Bonchev–Trinajstić information content (AvgIpc) is 2.98. The van der Waals surface area contributed by atoms with Crippen LogP contribution in [0.3, 0.4) is 0 Å². The van der Waals surface area contributed by atoms with Crippen molar-refractivity contribution in [2.75, 3.05) is 0 Å². The predicted molar refractivity (Wildman–Crippen MR) is 145 cm³/mol. The number of ether oxygens (including phenoxy) is 3. The fraction of sp³-hybridized carbons (Fsp3) is 0.656. The van der Waals surface area contributed by atoms with Gasteiger partial charge in [0.15, 0.2) is 0 Å². The fourth-order valence-corrected chi connectivity index (χ4v) is 8.56. The molecular weight excluding hydrogens is 496 g/mol. The first kappa shape index (κ1) is 27.9. The number of carbonyl (C=O) groups is 3. The monoisotopic (exact) mass is 538 g/mol. The number of rotatable bonds is 3. The van der Waals surface area contributed by atoms with E-state index in [0.717, 1.165) is 23.1 Å². The summed E-state index contributed by atoms with van der Waals surface area (Å²) < 4.78 is 17.7. The average molecular weight is 539 g/mol. The van der Waals surface area contributed by atoms with Gasteiger partial charge in [-0.2, -0.15) is 0 Å². The molecule has 1 saturated carbocycles. The second-order valence-corrected chi connectivity index (χ2v) is 13.2. The molecule has 0 aromatic carbocycles. The van der Waals surface area contributed by atoms with Crippen LogP contribution in [0.2, 0.25) is 0 Å². The molecule has 0 aromatic rings. The van der Waals surface area contributed by atoms with E-state index in [9.17, 15) is 19.5 Å². The molecule has 7 nitrogen and oxygen atoms in total. The molecule has 0 saturated heterocycles. The van der Waals surface area contributed by atoms with E-state index in [-0.39, 0.29) is 47.9 Å². The molecule has 0 bridgehead atoms. The number of esters is 3. The Morgan fingerprint density at radius 1 is 1.18 bits per heavy atom.